The lowest BCUT2D eigenvalue weighted by Crippen LogP contribution is -2.45. The van der Waals surface area contributed by atoms with Gasteiger partial charge in [-0.3, -0.25) is 4.79 Å². The molecule has 1 aromatic carbocycles. The Bertz CT molecular complexity index is 578. The first-order valence-electron chi connectivity index (χ1n) is 9.80. The molecule has 26 heavy (non-hydrogen) atoms. The maximum Gasteiger partial charge on any atom is 0.187 e. The average molecular weight is 360 g/mol. The van der Waals surface area contributed by atoms with Gasteiger partial charge in [-0.25, -0.2) is 0 Å². The molecule has 0 N–H and O–H groups in total. The van der Waals surface area contributed by atoms with E-state index >= 15 is 0 Å². The fourth-order valence-corrected chi connectivity index (χ4v) is 3.42. The molecule has 0 amide bonds. The summed E-state index contributed by atoms with van der Waals surface area (Å²) < 4.78 is 11.5. The molecule has 144 valence electrons. The van der Waals surface area contributed by atoms with Gasteiger partial charge in [0.1, 0.15) is 5.60 Å². The number of rotatable bonds is 10. The number of ketones is 1. The molecule has 1 aliphatic heterocycles. The van der Waals surface area contributed by atoms with Crippen LogP contribution in [0, 0.1) is 0 Å². The first kappa shape index (κ1) is 20.7. The highest BCUT2D eigenvalue weighted by atomic mass is 16.5. The van der Waals surface area contributed by atoms with E-state index in [2.05, 4.69) is 18.7 Å². The van der Waals surface area contributed by atoms with E-state index in [9.17, 15) is 4.79 Å². The van der Waals surface area contributed by atoms with Crippen LogP contribution in [0.15, 0.2) is 42.1 Å². The normalized spacial score (nSPS) is 17.8. The Morgan fingerprint density at radius 2 is 1.88 bits per heavy atom. The Morgan fingerprint density at radius 3 is 2.50 bits per heavy atom. The minimum Gasteiger partial charge on any atom is -0.378 e. The lowest BCUT2D eigenvalue weighted by Gasteiger charge is -2.40. The van der Waals surface area contributed by atoms with Crippen LogP contribution in [0.25, 0.3) is 0 Å². The predicted octanol–water partition coefficient (Wildman–Crippen LogP) is 4.46. The van der Waals surface area contributed by atoms with Gasteiger partial charge in [-0.1, -0.05) is 62.9 Å². The topological polar surface area (TPSA) is 38.8 Å². The number of allylic oxidation sites excluding steroid dienone is 1. The maximum atomic E-state index is 12.8. The fraction of sp³-hybridized carbons (Fsp3) is 0.591. The molecule has 1 fully saturated rings. The second kappa shape index (κ2) is 10.5. The van der Waals surface area contributed by atoms with E-state index in [0.29, 0.717) is 18.8 Å². The number of unbranched alkanes of at least 4 members (excludes halogenated alkanes) is 3. The predicted molar refractivity (Wildman–Crippen MR) is 105 cm³/mol. The highest BCUT2D eigenvalue weighted by Gasteiger charge is 2.33. The summed E-state index contributed by atoms with van der Waals surface area (Å²) in [6.45, 7) is 7.29. The number of hydrogen-bond acceptors (Lipinski definition) is 4. The Balaban J connectivity index is 2.26. The fourth-order valence-electron chi connectivity index (χ4n) is 3.42. The van der Waals surface area contributed by atoms with Crippen molar-refractivity contribution >= 4 is 5.78 Å². The van der Waals surface area contributed by atoms with Gasteiger partial charge >= 0.3 is 0 Å². The SMILES string of the molecule is CCCCCCC(C)(OC)C(=CC(=O)c1ccccc1)N1CCOCC1. The van der Waals surface area contributed by atoms with Gasteiger partial charge in [0.2, 0.25) is 0 Å². The van der Waals surface area contributed by atoms with Crippen LogP contribution in [-0.4, -0.2) is 49.7 Å². The largest absolute Gasteiger partial charge is 0.378 e. The van der Waals surface area contributed by atoms with Gasteiger partial charge in [0.05, 0.1) is 13.2 Å². The third-order valence-electron chi connectivity index (χ3n) is 5.18. The minimum absolute atomic E-state index is 0.0314. The van der Waals surface area contributed by atoms with Gasteiger partial charge in [0, 0.05) is 37.5 Å². The number of methoxy groups -OCH3 is 1. The van der Waals surface area contributed by atoms with Crippen LogP contribution in [0.1, 0.15) is 56.3 Å². The monoisotopic (exact) mass is 359 g/mol. The number of hydrogen-bond donors (Lipinski definition) is 0. The summed E-state index contributed by atoms with van der Waals surface area (Å²) in [5.74, 6) is 0.0314. The highest BCUT2D eigenvalue weighted by Crippen LogP contribution is 2.31. The van der Waals surface area contributed by atoms with Crippen molar-refractivity contribution in [3.63, 3.8) is 0 Å². The van der Waals surface area contributed by atoms with Gasteiger partial charge in [-0.2, -0.15) is 0 Å². The van der Waals surface area contributed by atoms with Crippen molar-refractivity contribution in [1.82, 2.24) is 4.90 Å². The highest BCUT2D eigenvalue weighted by molar-refractivity contribution is 6.05. The molecule has 0 saturated carbocycles. The summed E-state index contributed by atoms with van der Waals surface area (Å²) in [5, 5.41) is 0. The molecule has 0 aliphatic carbocycles. The van der Waals surface area contributed by atoms with Crippen LogP contribution in [0.4, 0.5) is 0 Å². The number of benzene rings is 1. The third-order valence-corrected chi connectivity index (χ3v) is 5.18. The maximum absolute atomic E-state index is 12.8. The minimum atomic E-state index is -0.463. The Morgan fingerprint density at radius 1 is 1.19 bits per heavy atom. The molecule has 0 aromatic heterocycles. The summed E-state index contributed by atoms with van der Waals surface area (Å²) in [6, 6.07) is 9.45. The standard InChI is InChI=1S/C22H33NO3/c1-4-5-6-10-13-22(2,25-3)21(23-14-16-26-17-15-23)18-20(24)19-11-8-7-9-12-19/h7-9,11-12,18H,4-6,10,13-17H2,1-3H3. The number of carbonyl (C=O) groups is 1. The molecule has 1 atom stereocenters. The molecule has 0 spiro atoms. The zero-order chi connectivity index (χ0) is 18.8. The zero-order valence-corrected chi connectivity index (χ0v) is 16.5. The van der Waals surface area contributed by atoms with E-state index in [1.54, 1.807) is 13.2 Å². The molecule has 1 unspecified atom stereocenters. The molecular weight excluding hydrogens is 326 g/mol. The average Bonchev–Trinajstić information content (AvgIpc) is 2.70. The second-order valence-electron chi connectivity index (χ2n) is 7.10. The molecule has 1 saturated heterocycles. The Kier molecular flexibility index (Phi) is 8.33. The Hall–Kier alpha value is -1.65. The first-order valence-corrected chi connectivity index (χ1v) is 9.80. The van der Waals surface area contributed by atoms with Crippen molar-refractivity contribution in [2.75, 3.05) is 33.4 Å². The van der Waals surface area contributed by atoms with Gasteiger partial charge in [0.15, 0.2) is 5.78 Å². The van der Waals surface area contributed by atoms with Crippen molar-refractivity contribution in [1.29, 1.82) is 0 Å². The molecule has 4 nitrogen and oxygen atoms in total. The van der Waals surface area contributed by atoms with Crippen molar-refractivity contribution < 1.29 is 14.3 Å². The van der Waals surface area contributed by atoms with Crippen molar-refractivity contribution in [2.24, 2.45) is 0 Å². The zero-order valence-electron chi connectivity index (χ0n) is 16.5. The molecule has 4 heteroatoms. The smallest absolute Gasteiger partial charge is 0.187 e. The van der Waals surface area contributed by atoms with Gasteiger partial charge in [0.25, 0.3) is 0 Å². The molecule has 2 rings (SSSR count). The first-order chi connectivity index (χ1) is 12.6. The van der Waals surface area contributed by atoms with E-state index < -0.39 is 5.60 Å². The van der Waals surface area contributed by atoms with Crippen LogP contribution < -0.4 is 0 Å². The molecule has 1 heterocycles. The molecule has 0 bridgehead atoms. The number of nitrogens with zero attached hydrogens (tertiary/aromatic N) is 1. The van der Waals surface area contributed by atoms with E-state index in [1.807, 2.05) is 30.3 Å². The van der Waals surface area contributed by atoms with E-state index in [1.165, 1.54) is 19.3 Å². The second-order valence-corrected chi connectivity index (χ2v) is 7.10. The van der Waals surface area contributed by atoms with E-state index in [0.717, 1.165) is 31.6 Å². The van der Waals surface area contributed by atoms with Gasteiger partial charge in [-0.05, 0) is 13.3 Å². The molecule has 1 aromatic rings. The Labute approximate surface area is 158 Å². The third kappa shape index (κ3) is 5.68. The van der Waals surface area contributed by atoms with Crippen molar-refractivity contribution in [3.05, 3.63) is 47.7 Å². The lowest BCUT2D eigenvalue weighted by atomic mass is 9.91. The molecule has 0 radical (unpaired) electrons. The number of morpholine rings is 1. The van der Waals surface area contributed by atoms with Crippen LogP contribution in [0.5, 0.6) is 0 Å². The van der Waals surface area contributed by atoms with Crippen LogP contribution in [0.2, 0.25) is 0 Å². The van der Waals surface area contributed by atoms with Crippen LogP contribution in [-0.2, 0) is 9.47 Å². The summed E-state index contributed by atoms with van der Waals surface area (Å²) in [6.07, 6.45) is 7.43. The molecular formula is C22H33NO3. The molecule has 1 aliphatic rings. The summed E-state index contributed by atoms with van der Waals surface area (Å²) in [5.41, 5.74) is 1.23. The quantitative estimate of drug-likeness (QED) is 0.351. The van der Waals surface area contributed by atoms with E-state index in [-0.39, 0.29) is 5.78 Å². The van der Waals surface area contributed by atoms with Crippen LogP contribution >= 0.6 is 0 Å². The number of carbonyl (C=O) groups excluding carboxylic acids is 1. The van der Waals surface area contributed by atoms with E-state index in [4.69, 9.17) is 9.47 Å². The lowest BCUT2D eigenvalue weighted by molar-refractivity contribution is -0.0174. The summed E-state index contributed by atoms with van der Waals surface area (Å²) in [7, 11) is 1.75. The van der Waals surface area contributed by atoms with Crippen molar-refractivity contribution in [2.45, 2.75) is 51.6 Å². The van der Waals surface area contributed by atoms with Crippen LogP contribution in [0.3, 0.4) is 0 Å². The van der Waals surface area contributed by atoms with Crippen molar-refractivity contribution in [3.8, 4) is 0 Å². The number of ether oxygens (including phenoxy) is 2. The van der Waals surface area contributed by atoms with Gasteiger partial charge < -0.3 is 14.4 Å². The summed E-state index contributed by atoms with van der Waals surface area (Å²) >= 11 is 0. The van der Waals surface area contributed by atoms with Gasteiger partial charge in [-0.15, -0.1) is 0 Å². The summed E-state index contributed by atoms with van der Waals surface area (Å²) in [4.78, 5) is 15.1.